The molecular formula is C21H21FN4O2. The van der Waals surface area contributed by atoms with Crippen molar-refractivity contribution >= 4 is 17.5 Å². The first-order chi connectivity index (χ1) is 13.4. The first-order valence-corrected chi connectivity index (χ1v) is 8.77. The number of carbonyl (C=O) groups is 1. The summed E-state index contributed by atoms with van der Waals surface area (Å²) in [5.41, 5.74) is 7.93. The van der Waals surface area contributed by atoms with Gasteiger partial charge >= 0.3 is 0 Å². The fraction of sp³-hybridized carbons (Fsp3) is 0.190. The highest BCUT2D eigenvalue weighted by molar-refractivity contribution is 5.95. The maximum atomic E-state index is 14.5. The molecule has 3 rings (SSSR count). The summed E-state index contributed by atoms with van der Waals surface area (Å²) >= 11 is 0. The van der Waals surface area contributed by atoms with Crippen LogP contribution in [0.5, 0.6) is 5.75 Å². The van der Waals surface area contributed by atoms with Gasteiger partial charge in [-0.25, -0.2) is 14.4 Å². The number of anilines is 2. The average molecular weight is 380 g/mol. The van der Waals surface area contributed by atoms with Gasteiger partial charge in [0.15, 0.2) is 5.82 Å². The number of hydrogen-bond acceptors (Lipinski definition) is 5. The van der Waals surface area contributed by atoms with Crippen LogP contribution in [0, 0.1) is 5.82 Å². The molecule has 0 atom stereocenters. The molecule has 7 heteroatoms. The molecule has 0 saturated carbocycles. The Morgan fingerprint density at radius 1 is 1.21 bits per heavy atom. The number of methoxy groups -OCH3 is 1. The lowest BCUT2D eigenvalue weighted by atomic mass is 9.93. The molecule has 0 bridgehead atoms. The molecule has 144 valence electrons. The second-order valence-corrected chi connectivity index (χ2v) is 6.54. The molecule has 1 amide bonds. The van der Waals surface area contributed by atoms with Crippen LogP contribution in [0.3, 0.4) is 0 Å². The quantitative estimate of drug-likeness (QED) is 0.667. The van der Waals surface area contributed by atoms with Crippen LogP contribution in [0.25, 0.3) is 11.3 Å². The topological polar surface area (TPSA) is 90.1 Å². The summed E-state index contributed by atoms with van der Waals surface area (Å²) < 4.78 is 19.8. The van der Waals surface area contributed by atoms with Gasteiger partial charge in [0.1, 0.15) is 11.4 Å². The van der Waals surface area contributed by atoms with E-state index in [4.69, 9.17) is 10.5 Å². The Balaban J connectivity index is 2.02. The van der Waals surface area contributed by atoms with E-state index in [1.807, 2.05) is 32.0 Å². The number of aromatic nitrogens is 2. The molecule has 0 aliphatic heterocycles. The molecular weight excluding hydrogens is 359 g/mol. The molecule has 3 aromatic rings. The SMILES string of the molecule is COc1ccccc1Nc1ncc(F)c(-c2ccc(C(N)=O)c(C(C)C)c2)n1. The number of para-hydroxylation sites is 2. The van der Waals surface area contributed by atoms with Gasteiger partial charge in [-0.05, 0) is 35.7 Å². The lowest BCUT2D eigenvalue weighted by Crippen LogP contribution is -2.14. The van der Waals surface area contributed by atoms with E-state index < -0.39 is 11.7 Å². The van der Waals surface area contributed by atoms with Gasteiger partial charge in [-0.2, -0.15) is 0 Å². The molecule has 6 nitrogen and oxygen atoms in total. The van der Waals surface area contributed by atoms with Crippen molar-refractivity contribution in [2.45, 2.75) is 19.8 Å². The first kappa shape index (κ1) is 19.3. The van der Waals surface area contributed by atoms with Crippen molar-refractivity contribution in [3.8, 4) is 17.0 Å². The van der Waals surface area contributed by atoms with Gasteiger partial charge in [0.05, 0.1) is 19.0 Å². The molecule has 0 aliphatic carbocycles. The predicted octanol–water partition coefficient (Wildman–Crippen LogP) is 4.26. The number of ether oxygens (including phenoxy) is 1. The molecule has 0 saturated heterocycles. The third kappa shape index (κ3) is 3.93. The zero-order valence-electron chi connectivity index (χ0n) is 15.9. The number of nitrogens with zero attached hydrogens (tertiary/aromatic N) is 2. The average Bonchev–Trinajstić information content (AvgIpc) is 2.69. The third-order valence-electron chi connectivity index (χ3n) is 4.31. The Bertz CT molecular complexity index is 1020. The van der Waals surface area contributed by atoms with E-state index >= 15 is 0 Å². The van der Waals surface area contributed by atoms with Gasteiger partial charge in [-0.15, -0.1) is 0 Å². The van der Waals surface area contributed by atoms with E-state index in [9.17, 15) is 9.18 Å². The van der Waals surface area contributed by atoms with Crippen molar-refractivity contribution < 1.29 is 13.9 Å². The van der Waals surface area contributed by atoms with E-state index in [0.29, 0.717) is 22.6 Å². The van der Waals surface area contributed by atoms with Crippen LogP contribution in [0.15, 0.2) is 48.7 Å². The smallest absolute Gasteiger partial charge is 0.248 e. The molecule has 0 fully saturated rings. The third-order valence-corrected chi connectivity index (χ3v) is 4.31. The van der Waals surface area contributed by atoms with Gasteiger partial charge in [0.25, 0.3) is 0 Å². The fourth-order valence-corrected chi connectivity index (χ4v) is 2.91. The number of nitrogens with two attached hydrogens (primary N) is 1. The molecule has 1 heterocycles. The fourth-order valence-electron chi connectivity index (χ4n) is 2.91. The van der Waals surface area contributed by atoms with Crippen LogP contribution in [-0.4, -0.2) is 23.0 Å². The molecule has 2 aromatic carbocycles. The van der Waals surface area contributed by atoms with Crippen LogP contribution in [0.2, 0.25) is 0 Å². The van der Waals surface area contributed by atoms with Crippen molar-refractivity contribution in [2.24, 2.45) is 5.73 Å². The second-order valence-electron chi connectivity index (χ2n) is 6.54. The highest BCUT2D eigenvalue weighted by Crippen LogP contribution is 2.30. The molecule has 0 aliphatic rings. The summed E-state index contributed by atoms with van der Waals surface area (Å²) in [7, 11) is 1.56. The molecule has 0 radical (unpaired) electrons. The van der Waals surface area contributed by atoms with Crippen molar-refractivity contribution in [3.05, 3.63) is 65.6 Å². The maximum Gasteiger partial charge on any atom is 0.248 e. The van der Waals surface area contributed by atoms with Crippen LogP contribution >= 0.6 is 0 Å². The zero-order chi connectivity index (χ0) is 20.3. The maximum absolute atomic E-state index is 14.5. The Labute approximate surface area is 162 Å². The highest BCUT2D eigenvalue weighted by atomic mass is 19.1. The lowest BCUT2D eigenvalue weighted by Gasteiger charge is -2.14. The molecule has 1 aromatic heterocycles. The number of nitrogens with one attached hydrogen (secondary N) is 1. The summed E-state index contributed by atoms with van der Waals surface area (Å²) in [6.07, 6.45) is 1.11. The van der Waals surface area contributed by atoms with Crippen LogP contribution in [0.1, 0.15) is 35.7 Å². The summed E-state index contributed by atoms with van der Waals surface area (Å²) in [5, 5.41) is 3.04. The highest BCUT2D eigenvalue weighted by Gasteiger charge is 2.16. The Hall–Kier alpha value is -3.48. The number of primary amides is 1. The Morgan fingerprint density at radius 2 is 1.96 bits per heavy atom. The van der Waals surface area contributed by atoms with Crippen LogP contribution in [-0.2, 0) is 0 Å². The number of rotatable bonds is 6. The first-order valence-electron chi connectivity index (χ1n) is 8.77. The minimum atomic E-state index is -0.563. The van der Waals surface area contributed by atoms with Crippen molar-refractivity contribution in [2.75, 3.05) is 12.4 Å². The Kier molecular flexibility index (Phi) is 5.54. The zero-order valence-corrected chi connectivity index (χ0v) is 15.9. The standard InChI is InChI=1S/C21H21FN4O2/c1-12(2)15-10-13(8-9-14(15)20(23)27)19-16(22)11-24-21(26-19)25-17-6-4-5-7-18(17)28-3/h4-12H,1-3H3,(H2,23,27)(H,24,25,26). The van der Waals surface area contributed by atoms with Gasteiger partial charge < -0.3 is 15.8 Å². The number of hydrogen-bond donors (Lipinski definition) is 2. The van der Waals surface area contributed by atoms with Gasteiger partial charge in [-0.1, -0.05) is 32.0 Å². The van der Waals surface area contributed by atoms with Gasteiger partial charge in [-0.3, -0.25) is 4.79 Å². The molecule has 28 heavy (non-hydrogen) atoms. The number of halogens is 1. The van der Waals surface area contributed by atoms with Gasteiger partial charge in [0.2, 0.25) is 11.9 Å². The molecule has 3 N–H and O–H groups in total. The number of amides is 1. The Morgan fingerprint density at radius 3 is 2.64 bits per heavy atom. The van der Waals surface area contributed by atoms with Gasteiger partial charge in [0, 0.05) is 11.1 Å². The second kappa shape index (κ2) is 8.04. The lowest BCUT2D eigenvalue weighted by molar-refractivity contribution is 0.0999. The summed E-state index contributed by atoms with van der Waals surface area (Å²) in [6.45, 7) is 3.88. The van der Waals surface area contributed by atoms with Crippen LogP contribution < -0.4 is 15.8 Å². The number of carbonyl (C=O) groups excluding carboxylic acids is 1. The normalized spacial score (nSPS) is 10.8. The summed E-state index contributed by atoms with van der Waals surface area (Å²) in [4.78, 5) is 20.0. The van der Waals surface area contributed by atoms with Crippen LogP contribution in [0.4, 0.5) is 16.0 Å². The van der Waals surface area contributed by atoms with E-state index in [-0.39, 0.29) is 17.6 Å². The summed E-state index contributed by atoms with van der Waals surface area (Å²) in [6, 6.07) is 12.3. The van der Waals surface area contributed by atoms with E-state index in [0.717, 1.165) is 11.8 Å². The minimum absolute atomic E-state index is 0.0403. The van der Waals surface area contributed by atoms with E-state index in [2.05, 4.69) is 15.3 Å². The van der Waals surface area contributed by atoms with E-state index in [1.165, 1.54) is 0 Å². The minimum Gasteiger partial charge on any atom is -0.495 e. The predicted molar refractivity (Wildman–Crippen MR) is 106 cm³/mol. The van der Waals surface area contributed by atoms with Crippen molar-refractivity contribution in [1.29, 1.82) is 0 Å². The van der Waals surface area contributed by atoms with Crippen molar-refractivity contribution in [3.63, 3.8) is 0 Å². The number of benzene rings is 2. The van der Waals surface area contributed by atoms with E-state index in [1.54, 1.807) is 31.4 Å². The molecule has 0 spiro atoms. The monoisotopic (exact) mass is 380 g/mol. The largest absolute Gasteiger partial charge is 0.495 e. The molecule has 0 unspecified atom stereocenters. The van der Waals surface area contributed by atoms with Crippen molar-refractivity contribution in [1.82, 2.24) is 9.97 Å². The summed E-state index contributed by atoms with van der Waals surface area (Å²) in [5.74, 6) is -0.196.